The molecular weight excluding hydrogens is 678 g/mol. The molecule has 7 unspecified atom stereocenters. The quantitative estimate of drug-likeness (QED) is 0.0260. The lowest BCUT2D eigenvalue weighted by molar-refractivity contribution is -0.298. The van der Waals surface area contributed by atoms with E-state index in [9.17, 15) is 33.6 Å². The van der Waals surface area contributed by atoms with Gasteiger partial charge in [0.2, 0.25) is 5.91 Å². The minimum Gasteiger partial charge on any atom is -0.394 e. The first kappa shape index (κ1) is 47.6. The molecule has 1 fully saturated rings. The molecule has 1 rings (SSSR count). The zero-order chi connectivity index (χ0) is 37.7. The number of carbonyl (C=O) groups is 1. The van der Waals surface area contributed by atoms with Gasteiger partial charge in [-0.25, -0.2) is 4.18 Å². The maximum atomic E-state index is 12.9. The maximum Gasteiger partial charge on any atom is 0.397 e. The van der Waals surface area contributed by atoms with Crippen LogP contribution in [0.1, 0.15) is 155 Å². The predicted octanol–water partition coefficient (Wildman–Crippen LogP) is 6.21. The summed E-state index contributed by atoms with van der Waals surface area (Å²) in [6.45, 7) is 3.31. The molecule has 1 heterocycles. The van der Waals surface area contributed by atoms with Crippen LogP contribution in [0.15, 0.2) is 24.3 Å². The molecule has 0 aliphatic carbocycles. The second-order valence-corrected chi connectivity index (χ2v) is 14.9. The fourth-order valence-corrected chi connectivity index (χ4v) is 6.60. The van der Waals surface area contributed by atoms with Crippen LogP contribution < -0.4 is 5.32 Å². The minimum atomic E-state index is -5.08. The molecule has 1 aliphatic rings. The number of amides is 1. The van der Waals surface area contributed by atoms with Crippen LogP contribution in [0, 0.1) is 0 Å². The molecule has 6 N–H and O–H groups in total. The fraction of sp³-hybridized carbons (Fsp3) is 0.868. The van der Waals surface area contributed by atoms with Crippen LogP contribution in [0.4, 0.5) is 0 Å². The lowest BCUT2D eigenvalue weighted by atomic mass is 9.99. The van der Waals surface area contributed by atoms with Crippen molar-refractivity contribution in [3.63, 3.8) is 0 Å². The molecule has 1 amide bonds. The molecule has 1 aliphatic heterocycles. The number of allylic oxidation sites excluding steroid dienone is 3. The number of rotatable bonds is 32. The van der Waals surface area contributed by atoms with Gasteiger partial charge in [-0.05, 0) is 44.9 Å². The van der Waals surface area contributed by atoms with Crippen molar-refractivity contribution in [3.05, 3.63) is 24.3 Å². The molecule has 13 heteroatoms. The SMILES string of the molecule is CCCCC/C=C\CCCCCCCC(=O)NC(COC1OC(CO)C(O)C(OS(=O)(=O)O)C1O)C(O)/C=C/CCCCCCCCCCCC. The normalized spacial score (nSPS) is 22.5. The highest BCUT2D eigenvalue weighted by Crippen LogP contribution is 2.26. The topological polar surface area (TPSA) is 192 Å². The van der Waals surface area contributed by atoms with Gasteiger partial charge in [0.05, 0.1) is 25.4 Å². The third-order valence-corrected chi connectivity index (χ3v) is 9.69. The Labute approximate surface area is 308 Å². The summed E-state index contributed by atoms with van der Waals surface area (Å²) in [7, 11) is -5.08. The van der Waals surface area contributed by atoms with E-state index in [1.165, 1.54) is 70.6 Å². The van der Waals surface area contributed by atoms with Gasteiger partial charge >= 0.3 is 10.4 Å². The van der Waals surface area contributed by atoms with Gasteiger partial charge in [0.25, 0.3) is 0 Å². The molecule has 51 heavy (non-hydrogen) atoms. The molecule has 0 bridgehead atoms. The highest BCUT2D eigenvalue weighted by Gasteiger charge is 2.48. The summed E-state index contributed by atoms with van der Waals surface area (Å²) in [6, 6.07) is -0.943. The van der Waals surface area contributed by atoms with Crippen molar-refractivity contribution >= 4 is 16.3 Å². The molecule has 0 saturated carbocycles. The van der Waals surface area contributed by atoms with E-state index in [0.29, 0.717) is 6.42 Å². The van der Waals surface area contributed by atoms with E-state index in [0.717, 1.165) is 57.8 Å². The molecule has 0 spiro atoms. The Morgan fingerprint density at radius 1 is 0.765 bits per heavy atom. The van der Waals surface area contributed by atoms with Gasteiger partial charge < -0.3 is 35.2 Å². The molecule has 7 atom stereocenters. The summed E-state index contributed by atoms with van der Waals surface area (Å²) in [5.74, 6) is -0.276. The van der Waals surface area contributed by atoms with E-state index in [2.05, 4.69) is 35.5 Å². The molecule has 300 valence electrons. The summed E-state index contributed by atoms with van der Waals surface area (Å²) < 4.78 is 47.3. The number of nitrogens with one attached hydrogen (secondary N) is 1. The van der Waals surface area contributed by atoms with Crippen LogP contribution in [-0.2, 0) is 28.9 Å². The number of unbranched alkanes of at least 4 members (excludes halogenated alkanes) is 18. The van der Waals surface area contributed by atoms with Crippen molar-refractivity contribution in [1.29, 1.82) is 0 Å². The van der Waals surface area contributed by atoms with Gasteiger partial charge in [-0.2, -0.15) is 8.42 Å². The first-order valence-corrected chi connectivity index (χ1v) is 21.1. The Morgan fingerprint density at radius 3 is 1.80 bits per heavy atom. The summed E-state index contributed by atoms with van der Waals surface area (Å²) in [4.78, 5) is 12.9. The minimum absolute atomic E-state index is 0.258. The molecular formula is C38H71NO11S. The molecule has 0 radical (unpaired) electrons. The van der Waals surface area contributed by atoms with Gasteiger partial charge in [-0.3, -0.25) is 9.35 Å². The van der Waals surface area contributed by atoms with Gasteiger partial charge in [-0.15, -0.1) is 0 Å². The molecule has 1 saturated heterocycles. The molecule has 0 aromatic rings. The molecule has 0 aromatic heterocycles. The summed E-state index contributed by atoms with van der Waals surface area (Å²) in [5, 5.41) is 44.4. The first-order valence-electron chi connectivity index (χ1n) is 19.7. The Bertz CT molecular complexity index is 1030. The highest BCUT2D eigenvalue weighted by atomic mass is 32.3. The largest absolute Gasteiger partial charge is 0.397 e. The first-order chi connectivity index (χ1) is 24.5. The summed E-state index contributed by atoms with van der Waals surface area (Å²) in [6.07, 6.45) is 22.3. The monoisotopic (exact) mass is 749 g/mol. The second-order valence-electron chi connectivity index (χ2n) is 13.9. The zero-order valence-electron chi connectivity index (χ0n) is 31.4. The standard InChI is InChI=1S/C38H71NO11S/c1-3-5-7-9-11-13-15-17-19-21-23-25-27-32(41)31(39-34(42)28-26-24-22-20-18-16-14-12-10-8-6-4-2)30-48-38-36(44)37(50-51(45,46)47)35(43)33(29-40)49-38/h12,14,25,27,31-33,35-38,40-41,43-44H,3-11,13,15-24,26,28-30H2,1-2H3,(H,39,42)(H,45,46,47)/b14-12-,27-25+. The summed E-state index contributed by atoms with van der Waals surface area (Å²) >= 11 is 0. The number of aliphatic hydroxyl groups excluding tert-OH is 4. The van der Waals surface area contributed by atoms with Gasteiger partial charge in [0.1, 0.15) is 24.4 Å². The van der Waals surface area contributed by atoms with Crippen LogP contribution in [0.2, 0.25) is 0 Å². The molecule has 0 aromatic carbocycles. The van der Waals surface area contributed by atoms with Gasteiger partial charge in [0, 0.05) is 6.42 Å². The third kappa shape index (κ3) is 23.8. The van der Waals surface area contributed by atoms with Crippen LogP contribution in [0.5, 0.6) is 0 Å². The summed E-state index contributed by atoms with van der Waals surface area (Å²) in [5.41, 5.74) is 0. The number of hydrogen-bond acceptors (Lipinski definition) is 10. The highest BCUT2D eigenvalue weighted by molar-refractivity contribution is 7.80. The zero-order valence-corrected chi connectivity index (χ0v) is 32.2. The number of aliphatic hydroxyl groups is 4. The smallest absolute Gasteiger partial charge is 0.394 e. The Morgan fingerprint density at radius 2 is 1.25 bits per heavy atom. The van der Waals surface area contributed by atoms with E-state index < -0.39 is 59.9 Å². The van der Waals surface area contributed by atoms with Crippen molar-refractivity contribution in [1.82, 2.24) is 5.32 Å². The average molecular weight is 750 g/mol. The van der Waals surface area contributed by atoms with Crippen LogP contribution in [0.3, 0.4) is 0 Å². The van der Waals surface area contributed by atoms with E-state index >= 15 is 0 Å². The molecule has 12 nitrogen and oxygen atoms in total. The second kappa shape index (κ2) is 30.0. The average Bonchev–Trinajstić information content (AvgIpc) is 3.09. The van der Waals surface area contributed by atoms with Crippen molar-refractivity contribution < 1.29 is 51.8 Å². The number of hydrogen-bond donors (Lipinski definition) is 6. The van der Waals surface area contributed by atoms with Crippen LogP contribution >= 0.6 is 0 Å². The van der Waals surface area contributed by atoms with Crippen molar-refractivity contribution in [2.75, 3.05) is 13.2 Å². The van der Waals surface area contributed by atoms with Crippen molar-refractivity contribution in [2.24, 2.45) is 0 Å². The predicted molar refractivity (Wildman–Crippen MR) is 199 cm³/mol. The third-order valence-electron chi connectivity index (χ3n) is 9.23. The Balaban J connectivity index is 2.65. The fourth-order valence-electron chi connectivity index (χ4n) is 6.09. The van der Waals surface area contributed by atoms with E-state index in [-0.39, 0.29) is 18.9 Å². The van der Waals surface area contributed by atoms with Crippen molar-refractivity contribution in [2.45, 2.75) is 198 Å². The van der Waals surface area contributed by atoms with Gasteiger partial charge in [-0.1, -0.05) is 128 Å². The number of carbonyl (C=O) groups excluding carboxylic acids is 1. The van der Waals surface area contributed by atoms with E-state index in [1.807, 2.05) is 6.08 Å². The van der Waals surface area contributed by atoms with Crippen LogP contribution in [0.25, 0.3) is 0 Å². The Hall–Kier alpha value is -1.42. The lowest BCUT2D eigenvalue weighted by Crippen LogP contribution is -2.61. The van der Waals surface area contributed by atoms with Crippen LogP contribution in [-0.4, -0.2) is 95.4 Å². The van der Waals surface area contributed by atoms with E-state index in [4.69, 9.17) is 14.0 Å². The van der Waals surface area contributed by atoms with Gasteiger partial charge in [0.15, 0.2) is 6.29 Å². The number of ether oxygens (including phenoxy) is 2. The van der Waals surface area contributed by atoms with Crippen molar-refractivity contribution in [3.8, 4) is 0 Å². The Kier molecular flexibility index (Phi) is 28.0. The lowest BCUT2D eigenvalue weighted by Gasteiger charge is -2.41. The maximum absolute atomic E-state index is 12.9. The van der Waals surface area contributed by atoms with E-state index in [1.54, 1.807) is 6.08 Å².